The van der Waals surface area contributed by atoms with Gasteiger partial charge in [-0.1, -0.05) is 11.2 Å². The van der Waals surface area contributed by atoms with Gasteiger partial charge in [-0.05, 0) is 26.0 Å². The SMILES string of the molecule is Cc1noc(C)c1CNCc1csc(-c2ccccn2)n1. The molecule has 0 atom stereocenters. The molecule has 21 heavy (non-hydrogen) atoms. The summed E-state index contributed by atoms with van der Waals surface area (Å²) >= 11 is 1.61. The monoisotopic (exact) mass is 300 g/mol. The average Bonchev–Trinajstić information content (AvgIpc) is 3.10. The number of pyridine rings is 1. The van der Waals surface area contributed by atoms with Crippen molar-refractivity contribution in [2.24, 2.45) is 0 Å². The lowest BCUT2D eigenvalue weighted by Gasteiger charge is -2.01. The molecule has 0 saturated carbocycles. The van der Waals surface area contributed by atoms with E-state index in [1.165, 1.54) is 0 Å². The van der Waals surface area contributed by atoms with Gasteiger partial charge in [-0.15, -0.1) is 11.3 Å². The van der Waals surface area contributed by atoms with Crippen molar-refractivity contribution < 1.29 is 4.52 Å². The standard InChI is InChI=1S/C15H16N4OS/c1-10-13(11(2)20-19-10)8-16-7-12-9-21-15(18-12)14-5-3-4-6-17-14/h3-6,9,16H,7-8H2,1-2H3. The minimum Gasteiger partial charge on any atom is -0.361 e. The topological polar surface area (TPSA) is 63.8 Å². The van der Waals surface area contributed by atoms with Gasteiger partial charge in [0.15, 0.2) is 0 Å². The summed E-state index contributed by atoms with van der Waals surface area (Å²) in [7, 11) is 0. The van der Waals surface area contributed by atoms with E-state index in [2.05, 4.69) is 25.8 Å². The molecule has 0 aliphatic heterocycles. The summed E-state index contributed by atoms with van der Waals surface area (Å²) in [6.07, 6.45) is 1.78. The van der Waals surface area contributed by atoms with Gasteiger partial charge < -0.3 is 9.84 Å². The second-order valence-corrected chi connectivity index (χ2v) is 5.62. The van der Waals surface area contributed by atoms with E-state index in [1.807, 2.05) is 32.0 Å². The van der Waals surface area contributed by atoms with Gasteiger partial charge in [0.2, 0.25) is 0 Å². The van der Waals surface area contributed by atoms with Gasteiger partial charge in [-0.25, -0.2) is 4.98 Å². The molecule has 0 fully saturated rings. The van der Waals surface area contributed by atoms with Crippen LogP contribution in [0.5, 0.6) is 0 Å². The zero-order valence-electron chi connectivity index (χ0n) is 12.0. The van der Waals surface area contributed by atoms with Crippen LogP contribution in [-0.4, -0.2) is 15.1 Å². The van der Waals surface area contributed by atoms with Crippen molar-refractivity contribution in [3.05, 3.63) is 52.5 Å². The number of hydrogen-bond donors (Lipinski definition) is 1. The molecule has 0 radical (unpaired) electrons. The molecule has 0 unspecified atom stereocenters. The van der Waals surface area contributed by atoms with Crippen LogP contribution in [0.1, 0.15) is 22.7 Å². The van der Waals surface area contributed by atoms with Gasteiger partial charge in [0.05, 0.1) is 17.1 Å². The second kappa shape index (κ2) is 6.15. The quantitative estimate of drug-likeness (QED) is 0.784. The Morgan fingerprint density at radius 2 is 2.14 bits per heavy atom. The Kier molecular flexibility index (Phi) is 4.08. The van der Waals surface area contributed by atoms with Gasteiger partial charge in [0.25, 0.3) is 0 Å². The van der Waals surface area contributed by atoms with Gasteiger partial charge >= 0.3 is 0 Å². The minimum atomic E-state index is 0.716. The molecule has 0 saturated heterocycles. The molecule has 0 aromatic carbocycles. The molecule has 3 aromatic rings. The molecule has 0 aliphatic carbocycles. The lowest BCUT2D eigenvalue weighted by molar-refractivity contribution is 0.392. The number of hydrogen-bond acceptors (Lipinski definition) is 6. The summed E-state index contributed by atoms with van der Waals surface area (Å²) < 4.78 is 5.15. The molecule has 3 rings (SSSR count). The van der Waals surface area contributed by atoms with E-state index < -0.39 is 0 Å². The third-order valence-electron chi connectivity index (χ3n) is 3.22. The average molecular weight is 300 g/mol. The number of nitrogens with one attached hydrogen (secondary N) is 1. The van der Waals surface area contributed by atoms with Crippen LogP contribution >= 0.6 is 11.3 Å². The fourth-order valence-electron chi connectivity index (χ4n) is 2.06. The molecular formula is C15H16N4OS. The molecule has 6 heteroatoms. The van der Waals surface area contributed by atoms with E-state index in [1.54, 1.807) is 17.5 Å². The number of aryl methyl sites for hydroxylation is 2. The van der Waals surface area contributed by atoms with E-state index in [0.29, 0.717) is 6.54 Å². The van der Waals surface area contributed by atoms with Gasteiger partial charge in [0, 0.05) is 30.2 Å². The largest absolute Gasteiger partial charge is 0.361 e. The fraction of sp³-hybridized carbons (Fsp3) is 0.267. The molecule has 0 spiro atoms. The Balaban J connectivity index is 1.61. The Hall–Kier alpha value is -2.05. The van der Waals surface area contributed by atoms with E-state index >= 15 is 0 Å². The van der Waals surface area contributed by atoms with Gasteiger partial charge in [-0.2, -0.15) is 0 Å². The van der Waals surface area contributed by atoms with Crippen LogP contribution in [0.15, 0.2) is 34.3 Å². The fourth-order valence-corrected chi connectivity index (χ4v) is 2.86. The van der Waals surface area contributed by atoms with Crippen LogP contribution < -0.4 is 5.32 Å². The Morgan fingerprint density at radius 3 is 2.86 bits per heavy atom. The summed E-state index contributed by atoms with van der Waals surface area (Å²) in [6.45, 7) is 5.33. The minimum absolute atomic E-state index is 0.716. The molecule has 3 aromatic heterocycles. The maximum Gasteiger partial charge on any atom is 0.142 e. The summed E-state index contributed by atoms with van der Waals surface area (Å²) in [4.78, 5) is 8.91. The van der Waals surface area contributed by atoms with Crippen molar-refractivity contribution in [2.75, 3.05) is 0 Å². The van der Waals surface area contributed by atoms with E-state index in [9.17, 15) is 0 Å². The maximum absolute atomic E-state index is 5.15. The van der Waals surface area contributed by atoms with E-state index in [4.69, 9.17) is 4.52 Å². The molecule has 3 heterocycles. The first-order chi connectivity index (χ1) is 10.2. The zero-order chi connectivity index (χ0) is 14.7. The first-order valence-electron chi connectivity index (χ1n) is 6.72. The van der Waals surface area contributed by atoms with Crippen molar-refractivity contribution in [3.63, 3.8) is 0 Å². The Labute approximate surface area is 127 Å². The molecule has 0 bridgehead atoms. The number of rotatable bonds is 5. The van der Waals surface area contributed by atoms with Crippen molar-refractivity contribution in [3.8, 4) is 10.7 Å². The predicted molar refractivity (Wildman–Crippen MR) is 81.9 cm³/mol. The van der Waals surface area contributed by atoms with Gasteiger partial charge in [0.1, 0.15) is 10.8 Å². The highest BCUT2D eigenvalue weighted by molar-refractivity contribution is 7.13. The maximum atomic E-state index is 5.15. The summed E-state index contributed by atoms with van der Waals surface area (Å²) in [5.41, 5.74) is 3.99. The third kappa shape index (κ3) is 3.17. The van der Waals surface area contributed by atoms with Crippen molar-refractivity contribution in [1.29, 1.82) is 0 Å². The first-order valence-corrected chi connectivity index (χ1v) is 7.60. The van der Waals surface area contributed by atoms with Crippen molar-refractivity contribution >= 4 is 11.3 Å². The third-order valence-corrected chi connectivity index (χ3v) is 4.14. The smallest absolute Gasteiger partial charge is 0.142 e. The van der Waals surface area contributed by atoms with E-state index in [-0.39, 0.29) is 0 Å². The lowest BCUT2D eigenvalue weighted by Crippen LogP contribution is -2.13. The Morgan fingerprint density at radius 1 is 1.24 bits per heavy atom. The summed E-state index contributed by atoms with van der Waals surface area (Å²) in [5, 5.41) is 10.3. The van der Waals surface area contributed by atoms with Crippen LogP contribution in [-0.2, 0) is 13.1 Å². The van der Waals surface area contributed by atoms with Crippen molar-refractivity contribution in [2.45, 2.75) is 26.9 Å². The van der Waals surface area contributed by atoms with Crippen LogP contribution in [0.3, 0.4) is 0 Å². The highest BCUT2D eigenvalue weighted by Crippen LogP contribution is 2.21. The van der Waals surface area contributed by atoms with Crippen LogP contribution in [0.2, 0.25) is 0 Å². The summed E-state index contributed by atoms with van der Waals surface area (Å²) in [6, 6.07) is 5.85. The molecule has 0 amide bonds. The highest BCUT2D eigenvalue weighted by Gasteiger charge is 2.09. The van der Waals surface area contributed by atoms with Crippen LogP contribution in [0.25, 0.3) is 10.7 Å². The highest BCUT2D eigenvalue weighted by atomic mass is 32.1. The van der Waals surface area contributed by atoms with Gasteiger partial charge in [-0.3, -0.25) is 4.98 Å². The lowest BCUT2D eigenvalue weighted by atomic mass is 10.2. The Bertz CT molecular complexity index is 701. The first kappa shape index (κ1) is 13.9. The molecule has 0 aliphatic rings. The zero-order valence-corrected chi connectivity index (χ0v) is 12.8. The predicted octanol–water partition coefficient (Wildman–Crippen LogP) is 3.10. The number of thiazole rings is 1. The molecule has 1 N–H and O–H groups in total. The van der Waals surface area contributed by atoms with Crippen LogP contribution in [0.4, 0.5) is 0 Å². The number of aromatic nitrogens is 3. The summed E-state index contributed by atoms with van der Waals surface area (Å²) in [5.74, 6) is 0.868. The molecular weight excluding hydrogens is 284 g/mol. The van der Waals surface area contributed by atoms with Crippen molar-refractivity contribution in [1.82, 2.24) is 20.4 Å². The number of nitrogens with zero attached hydrogens (tertiary/aromatic N) is 3. The van der Waals surface area contributed by atoms with E-state index in [0.717, 1.165) is 40.0 Å². The molecule has 5 nitrogen and oxygen atoms in total. The normalized spacial score (nSPS) is 11.0. The molecule has 108 valence electrons. The van der Waals surface area contributed by atoms with Crippen LogP contribution in [0, 0.1) is 13.8 Å². The second-order valence-electron chi connectivity index (χ2n) is 4.77.